The molecule has 0 radical (unpaired) electrons. The molecule has 0 saturated carbocycles. The molecule has 1 aliphatic heterocycles. The number of nitrogens with zero attached hydrogens (tertiary/aromatic N) is 1. The second-order valence-electron chi connectivity index (χ2n) is 3.53. The first-order chi connectivity index (χ1) is 7.01. The van der Waals surface area contributed by atoms with E-state index in [0.29, 0.717) is 13.0 Å². The van der Waals surface area contributed by atoms with Crippen LogP contribution in [0.25, 0.3) is 0 Å². The molecule has 1 atom stereocenters. The van der Waals surface area contributed by atoms with Gasteiger partial charge in [-0.25, -0.2) is 12.7 Å². The van der Waals surface area contributed by atoms with Crippen molar-refractivity contribution in [3.63, 3.8) is 0 Å². The number of halogens is 1. The van der Waals surface area contributed by atoms with Gasteiger partial charge in [-0.2, -0.15) is 0 Å². The quantitative estimate of drug-likeness (QED) is 0.720. The molecule has 1 N–H and O–H groups in total. The lowest BCUT2D eigenvalue weighted by Crippen LogP contribution is -2.45. The van der Waals surface area contributed by atoms with Gasteiger partial charge in [-0.1, -0.05) is 0 Å². The van der Waals surface area contributed by atoms with Gasteiger partial charge in [0.2, 0.25) is 15.9 Å². The largest absolute Gasteiger partial charge is 0.359 e. The number of nitrogens with one attached hydrogen (secondary N) is 1. The molecule has 88 valence electrons. The van der Waals surface area contributed by atoms with Crippen molar-refractivity contribution >= 4 is 27.5 Å². The molecule has 1 saturated heterocycles. The second-order valence-corrected chi connectivity index (χ2v) is 6.09. The van der Waals surface area contributed by atoms with Crippen molar-refractivity contribution in [3.8, 4) is 0 Å². The van der Waals surface area contributed by atoms with E-state index in [0.717, 1.165) is 6.42 Å². The van der Waals surface area contributed by atoms with E-state index < -0.39 is 15.2 Å². The fraction of sp³-hybridized carbons (Fsp3) is 0.875. The van der Waals surface area contributed by atoms with Gasteiger partial charge in [0, 0.05) is 20.1 Å². The van der Waals surface area contributed by atoms with Crippen LogP contribution in [-0.4, -0.2) is 44.0 Å². The number of sulfonamides is 1. The Kier molecular flexibility index (Phi) is 4.36. The number of hydrogen-bond acceptors (Lipinski definition) is 3. The highest BCUT2D eigenvalue weighted by atomic mass is 35.5. The highest BCUT2D eigenvalue weighted by Crippen LogP contribution is 2.19. The topological polar surface area (TPSA) is 66.5 Å². The Bertz CT molecular complexity index is 331. The van der Waals surface area contributed by atoms with Crippen molar-refractivity contribution in [1.29, 1.82) is 0 Å². The predicted molar refractivity (Wildman–Crippen MR) is 58.0 cm³/mol. The summed E-state index contributed by atoms with van der Waals surface area (Å²) in [6.45, 7) is 0.706. The Morgan fingerprint density at radius 2 is 2.27 bits per heavy atom. The second kappa shape index (κ2) is 5.14. The first-order valence-electron chi connectivity index (χ1n) is 4.76. The SMILES string of the molecule is CNC(=O)C1CCCN(S(=O)(=O)CCl)C1. The van der Waals surface area contributed by atoms with E-state index in [1.54, 1.807) is 7.05 Å². The van der Waals surface area contributed by atoms with Crippen molar-refractivity contribution in [2.75, 3.05) is 25.3 Å². The zero-order valence-corrected chi connectivity index (χ0v) is 10.1. The van der Waals surface area contributed by atoms with Crippen LogP contribution in [0.1, 0.15) is 12.8 Å². The number of amides is 1. The molecular formula is C8H15ClN2O3S. The van der Waals surface area contributed by atoms with Gasteiger partial charge in [0.1, 0.15) is 5.21 Å². The monoisotopic (exact) mass is 254 g/mol. The zero-order chi connectivity index (χ0) is 11.5. The van der Waals surface area contributed by atoms with Gasteiger partial charge >= 0.3 is 0 Å². The molecule has 0 aromatic heterocycles. The van der Waals surface area contributed by atoms with Gasteiger partial charge < -0.3 is 5.32 Å². The van der Waals surface area contributed by atoms with Crippen molar-refractivity contribution in [2.45, 2.75) is 12.8 Å². The summed E-state index contributed by atoms with van der Waals surface area (Å²) in [4.78, 5) is 11.4. The minimum absolute atomic E-state index is 0.107. The van der Waals surface area contributed by atoms with Crippen LogP contribution in [0.5, 0.6) is 0 Å². The van der Waals surface area contributed by atoms with Crippen LogP contribution in [0.15, 0.2) is 0 Å². The van der Waals surface area contributed by atoms with E-state index in [1.165, 1.54) is 4.31 Å². The molecule has 1 heterocycles. The van der Waals surface area contributed by atoms with Gasteiger partial charge in [-0.3, -0.25) is 4.79 Å². The van der Waals surface area contributed by atoms with E-state index >= 15 is 0 Å². The van der Waals surface area contributed by atoms with Crippen LogP contribution in [-0.2, 0) is 14.8 Å². The first kappa shape index (κ1) is 12.7. The molecule has 0 aromatic carbocycles. The lowest BCUT2D eigenvalue weighted by molar-refractivity contribution is -0.125. The third-order valence-corrected chi connectivity index (χ3v) is 4.75. The molecule has 1 aliphatic rings. The summed E-state index contributed by atoms with van der Waals surface area (Å²) in [5, 5.41) is 2.11. The van der Waals surface area contributed by atoms with E-state index in [1.807, 2.05) is 0 Å². The van der Waals surface area contributed by atoms with Crippen LogP contribution < -0.4 is 5.32 Å². The highest BCUT2D eigenvalue weighted by molar-refractivity contribution is 7.90. The maximum absolute atomic E-state index is 11.5. The fourth-order valence-electron chi connectivity index (χ4n) is 1.68. The number of carbonyl (C=O) groups is 1. The van der Waals surface area contributed by atoms with Crippen LogP contribution in [0.3, 0.4) is 0 Å². The van der Waals surface area contributed by atoms with Crippen LogP contribution in [0.2, 0.25) is 0 Å². The Hall–Kier alpha value is -0.330. The lowest BCUT2D eigenvalue weighted by atomic mass is 9.99. The van der Waals surface area contributed by atoms with Gasteiger partial charge in [0.15, 0.2) is 0 Å². The number of alkyl halides is 1. The average molecular weight is 255 g/mol. The molecule has 1 amide bonds. The molecule has 0 aromatic rings. The third-order valence-electron chi connectivity index (χ3n) is 2.53. The fourth-order valence-corrected chi connectivity index (χ4v) is 3.05. The van der Waals surface area contributed by atoms with Gasteiger partial charge in [0.05, 0.1) is 5.92 Å². The Labute approximate surface area is 94.8 Å². The minimum atomic E-state index is -3.38. The number of rotatable bonds is 3. The van der Waals surface area contributed by atoms with Gasteiger partial charge in [0.25, 0.3) is 0 Å². The van der Waals surface area contributed by atoms with Gasteiger partial charge in [-0.05, 0) is 12.8 Å². The Morgan fingerprint density at radius 1 is 1.60 bits per heavy atom. The van der Waals surface area contributed by atoms with Gasteiger partial charge in [-0.15, -0.1) is 11.6 Å². The predicted octanol–water partition coefficient (Wildman–Crippen LogP) is -0.0295. The molecule has 15 heavy (non-hydrogen) atoms. The summed E-state index contributed by atoms with van der Waals surface area (Å²) in [6, 6.07) is 0. The normalized spacial score (nSPS) is 23.7. The van der Waals surface area contributed by atoms with Crippen molar-refractivity contribution in [2.24, 2.45) is 5.92 Å². The molecule has 1 fully saturated rings. The molecular weight excluding hydrogens is 240 g/mol. The summed E-state index contributed by atoms with van der Waals surface area (Å²) < 4.78 is 24.2. The Morgan fingerprint density at radius 3 is 2.80 bits per heavy atom. The van der Waals surface area contributed by atoms with Crippen LogP contribution in [0, 0.1) is 5.92 Å². The average Bonchev–Trinajstić information content (AvgIpc) is 2.28. The maximum atomic E-state index is 11.5. The third kappa shape index (κ3) is 3.06. The molecule has 0 spiro atoms. The summed E-state index contributed by atoms with van der Waals surface area (Å²) in [5.41, 5.74) is 0. The highest BCUT2D eigenvalue weighted by Gasteiger charge is 2.31. The summed E-state index contributed by atoms with van der Waals surface area (Å²) in [5.74, 6) is -0.355. The molecule has 1 rings (SSSR count). The van der Waals surface area contributed by atoms with E-state index in [2.05, 4.69) is 5.32 Å². The minimum Gasteiger partial charge on any atom is -0.359 e. The first-order valence-corrected chi connectivity index (χ1v) is 6.91. The van der Waals surface area contributed by atoms with E-state index in [4.69, 9.17) is 11.6 Å². The molecule has 0 bridgehead atoms. The van der Waals surface area contributed by atoms with E-state index in [9.17, 15) is 13.2 Å². The molecule has 7 heteroatoms. The van der Waals surface area contributed by atoms with Crippen LogP contribution in [0.4, 0.5) is 0 Å². The molecule has 0 aliphatic carbocycles. The Balaban J connectivity index is 2.68. The molecule has 5 nitrogen and oxygen atoms in total. The van der Waals surface area contributed by atoms with E-state index in [-0.39, 0.29) is 18.4 Å². The van der Waals surface area contributed by atoms with Crippen molar-refractivity contribution in [1.82, 2.24) is 9.62 Å². The number of hydrogen-bond donors (Lipinski definition) is 1. The maximum Gasteiger partial charge on any atom is 0.228 e. The zero-order valence-electron chi connectivity index (χ0n) is 8.57. The van der Waals surface area contributed by atoms with Crippen LogP contribution >= 0.6 is 11.6 Å². The summed E-state index contributed by atoms with van der Waals surface area (Å²) >= 11 is 5.36. The summed E-state index contributed by atoms with van der Waals surface area (Å²) in [6.07, 6.45) is 1.43. The number of piperidine rings is 1. The lowest BCUT2D eigenvalue weighted by Gasteiger charge is -2.30. The van der Waals surface area contributed by atoms with Crippen molar-refractivity contribution < 1.29 is 13.2 Å². The summed E-state index contributed by atoms with van der Waals surface area (Å²) in [7, 11) is -1.82. The standard InChI is InChI=1S/C8H15ClN2O3S/c1-10-8(12)7-3-2-4-11(5-7)15(13,14)6-9/h7H,2-6H2,1H3,(H,10,12). The number of carbonyl (C=O) groups excluding carboxylic acids is 1. The molecule has 1 unspecified atom stereocenters. The van der Waals surface area contributed by atoms with Crippen molar-refractivity contribution in [3.05, 3.63) is 0 Å². The smallest absolute Gasteiger partial charge is 0.228 e.